The van der Waals surface area contributed by atoms with Gasteiger partial charge in [-0.25, -0.2) is 0 Å². The maximum Gasteiger partial charge on any atom is 0.323 e. The highest BCUT2D eigenvalue weighted by molar-refractivity contribution is 5.76. The summed E-state index contributed by atoms with van der Waals surface area (Å²) in [5, 5.41) is 10.3. The monoisotopic (exact) mass is 271 g/mol. The summed E-state index contributed by atoms with van der Waals surface area (Å²) in [6, 6.07) is -0.903. The molecular weight excluding hydrogens is 250 g/mol. The van der Waals surface area contributed by atoms with Crippen LogP contribution in [0.15, 0.2) is 12.2 Å². The molecule has 1 aliphatic carbocycles. The summed E-state index contributed by atoms with van der Waals surface area (Å²) in [7, 11) is 0. The topological polar surface area (TPSA) is 91.0 Å². The number of rotatable bonds is 3. The molecule has 0 aromatic heterocycles. The number of ether oxygens (including phenoxy) is 3. The number of fused-ring (bicyclic) bond motifs is 1. The van der Waals surface area contributed by atoms with Gasteiger partial charge in [0, 0.05) is 5.92 Å². The molecule has 6 nitrogen and oxygen atoms in total. The number of carbonyl (C=O) groups is 1. The number of carbonyl (C=O) groups excluding carboxylic acids is 1. The van der Waals surface area contributed by atoms with Crippen LogP contribution >= 0.6 is 0 Å². The molecule has 0 spiro atoms. The second-order valence-corrected chi connectivity index (χ2v) is 5.30. The van der Waals surface area contributed by atoms with Gasteiger partial charge in [-0.3, -0.25) is 4.79 Å². The first-order valence-electron chi connectivity index (χ1n) is 6.50. The second kappa shape index (κ2) is 5.20. The van der Waals surface area contributed by atoms with Crippen LogP contribution in [0.25, 0.3) is 0 Å². The van der Waals surface area contributed by atoms with Gasteiger partial charge in [-0.05, 0) is 20.8 Å². The van der Waals surface area contributed by atoms with Gasteiger partial charge in [0.25, 0.3) is 0 Å². The molecule has 0 bridgehead atoms. The summed E-state index contributed by atoms with van der Waals surface area (Å²) in [5.74, 6) is -1.80. The number of nitrogens with two attached hydrogens (primary N) is 1. The van der Waals surface area contributed by atoms with Crippen LogP contribution in [0, 0.1) is 5.92 Å². The molecule has 108 valence electrons. The normalized spacial score (nSPS) is 37.7. The Balaban J connectivity index is 2.10. The van der Waals surface area contributed by atoms with Crippen LogP contribution in [-0.4, -0.2) is 47.8 Å². The fourth-order valence-electron chi connectivity index (χ4n) is 2.53. The predicted molar refractivity (Wildman–Crippen MR) is 67.1 cm³/mol. The highest BCUT2D eigenvalue weighted by Crippen LogP contribution is 2.36. The summed E-state index contributed by atoms with van der Waals surface area (Å²) < 4.78 is 16.2. The average Bonchev–Trinajstić information content (AvgIpc) is 2.65. The SMILES string of the molecule is CCOC(=O)[C@H](N)[C@H]1C=C[C@H]2OC(C)(C)O[C@H]2[C@@H]1O. The lowest BCUT2D eigenvalue weighted by Gasteiger charge is -2.32. The van der Waals surface area contributed by atoms with E-state index >= 15 is 0 Å². The van der Waals surface area contributed by atoms with Gasteiger partial charge in [-0.15, -0.1) is 0 Å². The van der Waals surface area contributed by atoms with Gasteiger partial charge in [-0.2, -0.15) is 0 Å². The Kier molecular flexibility index (Phi) is 3.96. The summed E-state index contributed by atoms with van der Waals surface area (Å²) in [6.45, 7) is 5.54. The van der Waals surface area contributed by atoms with Gasteiger partial charge in [0.2, 0.25) is 0 Å². The van der Waals surface area contributed by atoms with Gasteiger partial charge in [0.15, 0.2) is 5.79 Å². The first-order valence-corrected chi connectivity index (χ1v) is 6.50. The summed E-state index contributed by atoms with van der Waals surface area (Å²) >= 11 is 0. The van der Waals surface area contributed by atoms with Crippen molar-refractivity contribution in [3.63, 3.8) is 0 Å². The Morgan fingerprint density at radius 1 is 1.47 bits per heavy atom. The Labute approximate surface area is 112 Å². The Morgan fingerprint density at radius 2 is 2.16 bits per heavy atom. The van der Waals surface area contributed by atoms with Crippen LogP contribution in [0.5, 0.6) is 0 Å². The smallest absolute Gasteiger partial charge is 0.323 e. The van der Waals surface area contributed by atoms with Crippen molar-refractivity contribution in [2.45, 2.75) is 50.9 Å². The van der Waals surface area contributed by atoms with E-state index in [-0.39, 0.29) is 12.7 Å². The molecule has 6 heteroatoms. The molecule has 0 amide bonds. The molecule has 0 aromatic carbocycles. The minimum Gasteiger partial charge on any atom is -0.465 e. The van der Waals surface area contributed by atoms with Crippen molar-refractivity contribution in [3.05, 3.63) is 12.2 Å². The van der Waals surface area contributed by atoms with E-state index in [2.05, 4.69) is 0 Å². The van der Waals surface area contributed by atoms with Gasteiger partial charge < -0.3 is 25.1 Å². The molecule has 2 aliphatic rings. The number of hydrogen-bond acceptors (Lipinski definition) is 6. The van der Waals surface area contributed by atoms with Crippen LogP contribution in [0.2, 0.25) is 0 Å². The minimum atomic E-state index is -0.903. The first kappa shape index (κ1) is 14.5. The van der Waals surface area contributed by atoms with Crippen LogP contribution in [-0.2, 0) is 19.0 Å². The zero-order valence-electron chi connectivity index (χ0n) is 11.4. The summed E-state index contributed by atoms with van der Waals surface area (Å²) in [4.78, 5) is 11.6. The third-order valence-electron chi connectivity index (χ3n) is 3.39. The zero-order valence-corrected chi connectivity index (χ0v) is 11.4. The first-order chi connectivity index (χ1) is 8.85. The Morgan fingerprint density at radius 3 is 2.79 bits per heavy atom. The molecule has 3 N–H and O–H groups in total. The molecule has 1 aliphatic heterocycles. The third kappa shape index (κ3) is 2.81. The quantitative estimate of drug-likeness (QED) is 0.552. The number of esters is 1. The van der Waals surface area contributed by atoms with E-state index in [1.54, 1.807) is 32.9 Å². The lowest BCUT2D eigenvalue weighted by Crippen LogP contribution is -2.51. The molecule has 2 rings (SSSR count). The van der Waals surface area contributed by atoms with Crippen LogP contribution in [0.4, 0.5) is 0 Å². The van der Waals surface area contributed by atoms with Crippen molar-refractivity contribution in [1.29, 1.82) is 0 Å². The lowest BCUT2D eigenvalue weighted by atomic mass is 9.84. The molecular formula is C13H21NO5. The molecule has 1 saturated heterocycles. The third-order valence-corrected chi connectivity index (χ3v) is 3.39. The van der Waals surface area contributed by atoms with Gasteiger partial charge in [0.05, 0.1) is 12.7 Å². The second-order valence-electron chi connectivity index (χ2n) is 5.30. The molecule has 1 heterocycles. The molecule has 19 heavy (non-hydrogen) atoms. The maximum atomic E-state index is 11.6. The standard InChI is InChI=1S/C13H21NO5/c1-4-17-12(16)9(14)7-5-6-8-11(10(7)15)19-13(2,3)18-8/h5-11,15H,4,14H2,1-3H3/t7-,8-,9-,10-,11-/m1/s1. The lowest BCUT2D eigenvalue weighted by molar-refractivity contribution is -0.158. The summed E-state index contributed by atoms with van der Waals surface area (Å²) in [5.41, 5.74) is 5.84. The van der Waals surface area contributed by atoms with E-state index in [1.165, 1.54) is 0 Å². The molecule has 5 atom stereocenters. The summed E-state index contributed by atoms with van der Waals surface area (Å²) in [6.07, 6.45) is 1.78. The van der Waals surface area contributed by atoms with E-state index in [0.717, 1.165) is 0 Å². The van der Waals surface area contributed by atoms with Crippen molar-refractivity contribution >= 4 is 5.97 Å². The van der Waals surface area contributed by atoms with E-state index in [4.69, 9.17) is 19.9 Å². The van der Waals surface area contributed by atoms with Gasteiger partial charge >= 0.3 is 5.97 Å². The highest BCUT2D eigenvalue weighted by Gasteiger charge is 2.49. The van der Waals surface area contributed by atoms with Gasteiger partial charge in [0.1, 0.15) is 18.2 Å². The predicted octanol–water partition coefficient (Wildman–Crippen LogP) is -0.0562. The van der Waals surface area contributed by atoms with Crippen LogP contribution in [0.1, 0.15) is 20.8 Å². The van der Waals surface area contributed by atoms with Crippen molar-refractivity contribution in [2.24, 2.45) is 11.7 Å². The van der Waals surface area contributed by atoms with Gasteiger partial charge in [-0.1, -0.05) is 12.2 Å². The molecule has 0 saturated carbocycles. The van der Waals surface area contributed by atoms with E-state index < -0.39 is 35.9 Å². The number of hydrogen-bond donors (Lipinski definition) is 2. The molecule has 0 unspecified atom stereocenters. The van der Waals surface area contributed by atoms with Crippen molar-refractivity contribution in [3.8, 4) is 0 Å². The van der Waals surface area contributed by atoms with Crippen molar-refractivity contribution < 1.29 is 24.1 Å². The van der Waals surface area contributed by atoms with Crippen molar-refractivity contribution in [1.82, 2.24) is 0 Å². The molecule has 0 radical (unpaired) electrons. The maximum absolute atomic E-state index is 11.6. The zero-order chi connectivity index (χ0) is 14.2. The largest absolute Gasteiger partial charge is 0.465 e. The molecule has 0 aromatic rings. The Bertz CT molecular complexity index is 381. The highest BCUT2D eigenvalue weighted by atomic mass is 16.8. The number of aliphatic hydroxyl groups is 1. The van der Waals surface area contributed by atoms with Crippen molar-refractivity contribution in [2.75, 3.05) is 6.61 Å². The minimum absolute atomic E-state index is 0.262. The fraction of sp³-hybridized carbons (Fsp3) is 0.769. The average molecular weight is 271 g/mol. The van der Waals surface area contributed by atoms with Crippen LogP contribution in [0.3, 0.4) is 0 Å². The Hall–Kier alpha value is -0.950. The van der Waals surface area contributed by atoms with E-state index in [0.29, 0.717) is 0 Å². The van der Waals surface area contributed by atoms with E-state index in [9.17, 15) is 9.90 Å². The number of aliphatic hydroxyl groups excluding tert-OH is 1. The van der Waals surface area contributed by atoms with E-state index in [1.807, 2.05) is 0 Å². The molecule has 1 fully saturated rings. The van der Waals surface area contributed by atoms with Crippen LogP contribution < -0.4 is 5.73 Å². The fourth-order valence-corrected chi connectivity index (χ4v) is 2.53.